The smallest absolute Gasteiger partial charge is 0.289 e. The fourth-order valence-corrected chi connectivity index (χ4v) is 4.13. The van der Waals surface area contributed by atoms with Crippen molar-refractivity contribution in [2.45, 2.75) is 57.6 Å². The van der Waals surface area contributed by atoms with Gasteiger partial charge < -0.3 is 14.5 Å². The predicted molar refractivity (Wildman–Crippen MR) is 110 cm³/mol. The van der Waals surface area contributed by atoms with Crippen molar-refractivity contribution < 1.29 is 14.3 Å². The average molecular weight is 385 g/mol. The minimum atomic E-state index is -0.617. The Bertz CT molecular complexity index is 727. The van der Waals surface area contributed by atoms with Crippen LogP contribution in [-0.4, -0.2) is 59.8 Å². The fraction of sp³-hybridized carbons (Fsp3) is 0.565. The van der Waals surface area contributed by atoms with Crippen LogP contribution < -0.4 is 0 Å². The van der Waals surface area contributed by atoms with Crippen molar-refractivity contribution in [2.24, 2.45) is 0 Å². The molecule has 2 aliphatic heterocycles. The van der Waals surface area contributed by atoms with Gasteiger partial charge in [-0.05, 0) is 58.2 Å². The maximum Gasteiger partial charge on any atom is 0.289 e. The Morgan fingerprint density at radius 3 is 2.75 bits per heavy atom. The first-order valence-corrected chi connectivity index (χ1v) is 10.3. The van der Waals surface area contributed by atoms with Gasteiger partial charge in [-0.1, -0.05) is 30.3 Å². The number of piperidine rings is 1. The van der Waals surface area contributed by atoms with Gasteiger partial charge in [-0.15, -0.1) is 0 Å². The van der Waals surface area contributed by atoms with Gasteiger partial charge in [-0.3, -0.25) is 9.59 Å². The third-order valence-electron chi connectivity index (χ3n) is 5.62. The molecule has 0 bridgehead atoms. The fourth-order valence-electron chi connectivity index (χ4n) is 4.13. The van der Waals surface area contributed by atoms with E-state index in [1.54, 1.807) is 4.90 Å². The van der Waals surface area contributed by atoms with Crippen LogP contribution in [0.25, 0.3) is 0 Å². The highest BCUT2D eigenvalue weighted by molar-refractivity contribution is 6.01. The Hall–Kier alpha value is -2.14. The molecule has 1 fully saturated rings. The van der Waals surface area contributed by atoms with E-state index >= 15 is 0 Å². The zero-order valence-electron chi connectivity index (χ0n) is 17.3. The molecule has 28 heavy (non-hydrogen) atoms. The minimum Gasteiger partial charge on any atom is -0.481 e. The molecule has 2 heterocycles. The number of carbonyl (C=O) groups excluding carboxylic acids is 2. The van der Waals surface area contributed by atoms with Crippen LogP contribution in [0, 0.1) is 0 Å². The third kappa shape index (κ3) is 5.44. The van der Waals surface area contributed by atoms with Crippen LogP contribution in [0.3, 0.4) is 0 Å². The predicted octanol–water partition coefficient (Wildman–Crippen LogP) is 3.19. The summed E-state index contributed by atoms with van der Waals surface area (Å²) >= 11 is 0. The summed E-state index contributed by atoms with van der Waals surface area (Å²) in [5.74, 6) is -0.0404. The standard InChI is InChI=1S/C23H32N2O3/c1-23(2)16-20(26)15-21(28-23)22(27)24(3)19-12-8-14-25(17-19)13-7-11-18-9-5-4-6-10-18/h4-6,9-10,15,19H,7-8,11-14,16-17H2,1-3H3. The van der Waals surface area contributed by atoms with Crippen molar-refractivity contribution in [1.82, 2.24) is 9.80 Å². The van der Waals surface area contributed by atoms with Gasteiger partial charge in [0.1, 0.15) is 5.60 Å². The first-order valence-electron chi connectivity index (χ1n) is 10.3. The summed E-state index contributed by atoms with van der Waals surface area (Å²) in [6, 6.07) is 10.7. The Labute approximate surface area is 168 Å². The van der Waals surface area contributed by atoms with Gasteiger partial charge in [-0.2, -0.15) is 0 Å². The van der Waals surface area contributed by atoms with E-state index in [2.05, 4.69) is 29.2 Å². The van der Waals surface area contributed by atoms with Gasteiger partial charge >= 0.3 is 0 Å². The molecule has 3 rings (SSSR count). The summed E-state index contributed by atoms with van der Waals surface area (Å²) in [5, 5.41) is 0. The van der Waals surface area contributed by atoms with Crippen molar-refractivity contribution in [3.8, 4) is 0 Å². The van der Waals surface area contributed by atoms with Crippen LogP contribution in [0.15, 0.2) is 42.2 Å². The first kappa shape index (κ1) is 20.6. The Balaban J connectivity index is 1.53. The number of likely N-dealkylation sites (tertiary alicyclic amines) is 1. The molecule has 0 aromatic heterocycles. The molecular formula is C23H32N2O3. The number of likely N-dealkylation sites (N-methyl/N-ethyl adjacent to an activating group) is 1. The maximum atomic E-state index is 12.9. The van der Waals surface area contributed by atoms with E-state index in [-0.39, 0.29) is 23.5 Å². The van der Waals surface area contributed by atoms with E-state index in [0.717, 1.165) is 45.3 Å². The van der Waals surface area contributed by atoms with E-state index in [1.165, 1.54) is 11.6 Å². The largest absolute Gasteiger partial charge is 0.481 e. The van der Waals surface area contributed by atoms with Gasteiger partial charge in [-0.25, -0.2) is 0 Å². The Morgan fingerprint density at radius 2 is 2.04 bits per heavy atom. The van der Waals surface area contributed by atoms with Crippen LogP contribution in [0.5, 0.6) is 0 Å². The molecule has 5 heteroatoms. The molecule has 0 spiro atoms. The third-order valence-corrected chi connectivity index (χ3v) is 5.62. The summed E-state index contributed by atoms with van der Waals surface area (Å²) in [4.78, 5) is 29.1. The lowest BCUT2D eigenvalue weighted by molar-refractivity contribution is -0.139. The normalized spacial score (nSPS) is 22.3. The first-order chi connectivity index (χ1) is 13.3. The average Bonchev–Trinajstić information content (AvgIpc) is 2.66. The topological polar surface area (TPSA) is 49.9 Å². The van der Waals surface area contributed by atoms with Crippen molar-refractivity contribution in [2.75, 3.05) is 26.7 Å². The minimum absolute atomic E-state index is 0.0424. The molecule has 1 atom stereocenters. The molecule has 1 aromatic rings. The van der Waals surface area contributed by atoms with E-state index < -0.39 is 5.60 Å². The summed E-state index contributed by atoms with van der Waals surface area (Å²) in [5.41, 5.74) is 0.755. The van der Waals surface area contributed by atoms with Crippen LogP contribution in [0.4, 0.5) is 0 Å². The zero-order chi connectivity index (χ0) is 20.1. The highest BCUT2D eigenvalue weighted by Gasteiger charge is 2.35. The molecule has 1 aromatic carbocycles. The molecule has 0 radical (unpaired) electrons. The number of amides is 1. The number of carbonyl (C=O) groups is 2. The molecular weight excluding hydrogens is 352 g/mol. The molecule has 0 aliphatic carbocycles. The van der Waals surface area contributed by atoms with Gasteiger partial charge in [0.05, 0.1) is 0 Å². The van der Waals surface area contributed by atoms with Crippen molar-refractivity contribution in [3.05, 3.63) is 47.7 Å². The highest BCUT2D eigenvalue weighted by Crippen LogP contribution is 2.26. The van der Waals surface area contributed by atoms with E-state index in [4.69, 9.17) is 4.74 Å². The number of hydrogen-bond acceptors (Lipinski definition) is 4. The molecule has 0 N–H and O–H groups in total. The number of allylic oxidation sites excluding steroid dienone is 1. The lowest BCUT2D eigenvalue weighted by Crippen LogP contribution is -2.50. The lowest BCUT2D eigenvalue weighted by Gasteiger charge is -2.39. The molecule has 5 nitrogen and oxygen atoms in total. The molecule has 1 saturated heterocycles. The number of rotatable bonds is 6. The van der Waals surface area contributed by atoms with Crippen molar-refractivity contribution >= 4 is 11.7 Å². The van der Waals surface area contributed by atoms with E-state index in [9.17, 15) is 9.59 Å². The lowest BCUT2D eigenvalue weighted by atomic mass is 9.98. The SMILES string of the molecule is CN(C(=O)C1=CC(=O)CC(C)(C)O1)C1CCCN(CCCc2ccccc2)C1. The molecule has 2 aliphatic rings. The van der Waals surface area contributed by atoms with Crippen molar-refractivity contribution in [3.63, 3.8) is 0 Å². The van der Waals surface area contributed by atoms with Crippen molar-refractivity contribution in [1.29, 1.82) is 0 Å². The van der Waals surface area contributed by atoms with Gasteiger partial charge in [0.15, 0.2) is 11.5 Å². The second-order valence-electron chi connectivity index (χ2n) is 8.62. The second-order valence-corrected chi connectivity index (χ2v) is 8.62. The van der Waals surface area contributed by atoms with E-state index in [0.29, 0.717) is 6.42 Å². The quantitative estimate of drug-likeness (QED) is 0.756. The highest BCUT2D eigenvalue weighted by atomic mass is 16.5. The Morgan fingerprint density at radius 1 is 1.29 bits per heavy atom. The number of hydrogen-bond donors (Lipinski definition) is 0. The zero-order valence-corrected chi connectivity index (χ0v) is 17.3. The molecule has 0 saturated carbocycles. The van der Waals surface area contributed by atoms with Gasteiger partial charge in [0, 0.05) is 32.1 Å². The summed E-state index contributed by atoms with van der Waals surface area (Å²) in [6.45, 7) is 6.69. The maximum absolute atomic E-state index is 12.9. The van der Waals surface area contributed by atoms with Gasteiger partial charge in [0.2, 0.25) is 0 Å². The molecule has 1 amide bonds. The monoisotopic (exact) mass is 384 g/mol. The molecule has 1 unspecified atom stereocenters. The summed E-state index contributed by atoms with van der Waals surface area (Å²) < 4.78 is 5.79. The van der Waals surface area contributed by atoms with Crippen LogP contribution >= 0.6 is 0 Å². The number of ketones is 1. The Kier molecular flexibility index (Phi) is 6.55. The number of benzene rings is 1. The summed E-state index contributed by atoms with van der Waals surface area (Å²) in [6.07, 6.45) is 5.94. The second kappa shape index (κ2) is 8.91. The number of aryl methyl sites for hydroxylation is 1. The molecule has 152 valence electrons. The van der Waals surface area contributed by atoms with Gasteiger partial charge in [0.25, 0.3) is 5.91 Å². The van der Waals surface area contributed by atoms with Crippen LogP contribution in [0.2, 0.25) is 0 Å². The summed E-state index contributed by atoms with van der Waals surface area (Å²) in [7, 11) is 1.83. The number of ether oxygens (including phenoxy) is 1. The van der Waals surface area contributed by atoms with E-state index in [1.807, 2.05) is 27.0 Å². The van der Waals surface area contributed by atoms with Crippen LogP contribution in [-0.2, 0) is 20.7 Å². The van der Waals surface area contributed by atoms with Crippen LogP contribution in [0.1, 0.15) is 45.1 Å². The number of nitrogens with zero attached hydrogens (tertiary/aromatic N) is 2.